The van der Waals surface area contributed by atoms with E-state index in [9.17, 15) is 30.0 Å². The molecule has 0 amide bonds. The summed E-state index contributed by atoms with van der Waals surface area (Å²) in [6.45, 7) is 14.4. The Hall–Kier alpha value is -2.00. The van der Waals surface area contributed by atoms with Gasteiger partial charge in [-0.05, 0) is 63.0 Å². The molecule has 0 aliphatic carbocycles. The molecule has 0 saturated carbocycles. The van der Waals surface area contributed by atoms with Crippen molar-refractivity contribution in [2.45, 2.75) is 124 Å². The van der Waals surface area contributed by atoms with Gasteiger partial charge in [-0.1, -0.05) is 58.9 Å². The van der Waals surface area contributed by atoms with Crippen LogP contribution in [0.4, 0.5) is 0 Å². The molecule has 0 radical (unpaired) electrons. The summed E-state index contributed by atoms with van der Waals surface area (Å²) in [5, 5.41) is 42.0. The van der Waals surface area contributed by atoms with Gasteiger partial charge in [0, 0.05) is 18.8 Å². The maximum Gasteiger partial charge on any atom is 0.309 e. The molecule has 39 heavy (non-hydrogen) atoms. The van der Waals surface area contributed by atoms with Gasteiger partial charge in [0.25, 0.3) is 0 Å². The zero-order chi connectivity index (χ0) is 29.9. The maximum atomic E-state index is 12.6. The third-order valence-corrected chi connectivity index (χ3v) is 7.76. The van der Waals surface area contributed by atoms with Crippen molar-refractivity contribution in [1.82, 2.24) is 0 Å². The lowest BCUT2D eigenvalue weighted by molar-refractivity contribution is -0.157. The Kier molecular flexibility index (Phi) is 14.6. The van der Waals surface area contributed by atoms with E-state index in [0.717, 1.165) is 12.0 Å². The molecular formula is C31H52O8. The van der Waals surface area contributed by atoms with Gasteiger partial charge in [0.05, 0.1) is 24.7 Å². The van der Waals surface area contributed by atoms with Gasteiger partial charge in [-0.15, -0.1) is 0 Å². The van der Waals surface area contributed by atoms with Crippen LogP contribution >= 0.6 is 0 Å². The van der Waals surface area contributed by atoms with Crippen molar-refractivity contribution in [3.8, 4) is 0 Å². The quantitative estimate of drug-likeness (QED) is 0.180. The molecule has 1 rings (SSSR count). The highest BCUT2D eigenvalue weighted by molar-refractivity contribution is 5.70. The van der Waals surface area contributed by atoms with Crippen LogP contribution in [0.15, 0.2) is 36.0 Å². The molecule has 10 atom stereocenters. The number of ether oxygens (including phenoxy) is 2. The average Bonchev–Trinajstić information content (AvgIpc) is 2.85. The molecule has 8 nitrogen and oxygen atoms in total. The van der Waals surface area contributed by atoms with Crippen LogP contribution in [0.25, 0.3) is 0 Å². The summed E-state index contributed by atoms with van der Waals surface area (Å²) in [5.74, 6) is -1.37. The van der Waals surface area contributed by atoms with Crippen molar-refractivity contribution in [2.24, 2.45) is 23.7 Å². The molecule has 0 aromatic carbocycles. The van der Waals surface area contributed by atoms with Gasteiger partial charge in [0.15, 0.2) is 0 Å². The van der Waals surface area contributed by atoms with Crippen LogP contribution in [-0.2, 0) is 19.1 Å². The molecule has 1 aliphatic heterocycles. The number of esters is 2. The Morgan fingerprint density at radius 2 is 1.87 bits per heavy atom. The molecule has 0 aromatic heterocycles. The van der Waals surface area contributed by atoms with Crippen LogP contribution in [0.2, 0.25) is 0 Å². The van der Waals surface area contributed by atoms with E-state index in [1.807, 2.05) is 52.8 Å². The van der Waals surface area contributed by atoms with Gasteiger partial charge in [0.2, 0.25) is 0 Å². The van der Waals surface area contributed by atoms with Gasteiger partial charge in [-0.3, -0.25) is 9.59 Å². The Morgan fingerprint density at radius 1 is 1.23 bits per heavy atom. The van der Waals surface area contributed by atoms with E-state index in [1.165, 1.54) is 6.92 Å². The van der Waals surface area contributed by atoms with E-state index in [0.29, 0.717) is 6.42 Å². The summed E-state index contributed by atoms with van der Waals surface area (Å²) in [4.78, 5) is 24.3. The van der Waals surface area contributed by atoms with Gasteiger partial charge in [0.1, 0.15) is 17.8 Å². The molecule has 10 unspecified atom stereocenters. The van der Waals surface area contributed by atoms with Gasteiger partial charge < -0.3 is 29.9 Å². The second-order valence-corrected chi connectivity index (χ2v) is 11.7. The largest absolute Gasteiger partial charge is 0.457 e. The van der Waals surface area contributed by atoms with E-state index in [-0.39, 0.29) is 42.9 Å². The predicted molar refractivity (Wildman–Crippen MR) is 152 cm³/mol. The Labute approximate surface area is 234 Å². The highest BCUT2D eigenvalue weighted by atomic mass is 16.6. The highest BCUT2D eigenvalue weighted by Gasteiger charge is 2.35. The number of hydrogen-bond donors (Lipinski definition) is 4. The fraction of sp³-hybridized carbons (Fsp3) is 0.742. The van der Waals surface area contributed by atoms with Crippen molar-refractivity contribution in [1.29, 1.82) is 0 Å². The molecule has 8 heteroatoms. The zero-order valence-electron chi connectivity index (χ0n) is 25.0. The first kappa shape index (κ1) is 35.0. The normalized spacial score (nSPS) is 32.2. The van der Waals surface area contributed by atoms with Crippen LogP contribution in [0, 0.1) is 23.7 Å². The summed E-state index contributed by atoms with van der Waals surface area (Å²) in [6, 6.07) is 0. The molecule has 4 N–H and O–H groups in total. The fourth-order valence-electron chi connectivity index (χ4n) is 5.04. The summed E-state index contributed by atoms with van der Waals surface area (Å²) in [5.41, 5.74) is -0.624. The van der Waals surface area contributed by atoms with Crippen molar-refractivity contribution in [3.05, 3.63) is 36.0 Å². The van der Waals surface area contributed by atoms with Crippen LogP contribution < -0.4 is 0 Å². The minimum Gasteiger partial charge on any atom is -0.457 e. The predicted octanol–water partition coefficient (Wildman–Crippen LogP) is 4.25. The SMILES string of the molecule is CCC(O)C(C)C(O)C(C)CC(C)/C=C/C=C(\C)C1OC(=O)CC(O)CCC(C)(O)C(OC(C)=O)/C=C/C1C. The first-order valence-corrected chi connectivity index (χ1v) is 14.3. The minimum absolute atomic E-state index is 0.0113. The van der Waals surface area contributed by atoms with E-state index in [1.54, 1.807) is 19.1 Å². The van der Waals surface area contributed by atoms with Crippen LogP contribution in [0.5, 0.6) is 0 Å². The number of allylic oxidation sites excluding steroid dienone is 3. The molecule has 0 saturated heterocycles. The lowest BCUT2D eigenvalue weighted by atomic mass is 9.83. The number of aliphatic hydroxyl groups excluding tert-OH is 3. The van der Waals surface area contributed by atoms with Gasteiger partial charge in [-0.2, -0.15) is 0 Å². The Bertz CT molecular complexity index is 861. The van der Waals surface area contributed by atoms with E-state index < -0.39 is 48.1 Å². The van der Waals surface area contributed by atoms with E-state index >= 15 is 0 Å². The maximum absolute atomic E-state index is 12.6. The monoisotopic (exact) mass is 552 g/mol. The summed E-state index contributed by atoms with van der Waals surface area (Å²) in [7, 11) is 0. The fourth-order valence-corrected chi connectivity index (χ4v) is 5.04. The first-order valence-electron chi connectivity index (χ1n) is 14.3. The molecule has 1 aliphatic rings. The molecule has 1 heterocycles. The number of rotatable bonds is 10. The van der Waals surface area contributed by atoms with Gasteiger partial charge >= 0.3 is 11.9 Å². The summed E-state index contributed by atoms with van der Waals surface area (Å²) < 4.78 is 11.1. The molecule has 224 valence electrons. The Balaban J connectivity index is 3.07. The zero-order valence-corrected chi connectivity index (χ0v) is 25.0. The molecule has 0 bridgehead atoms. The van der Waals surface area contributed by atoms with Crippen LogP contribution in [0.3, 0.4) is 0 Å². The average molecular weight is 553 g/mol. The second-order valence-electron chi connectivity index (χ2n) is 11.7. The van der Waals surface area contributed by atoms with Crippen LogP contribution in [0.1, 0.15) is 87.5 Å². The molecule has 0 spiro atoms. The minimum atomic E-state index is -1.41. The molecular weight excluding hydrogens is 500 g/mol. The van der Waals surface area contributed by atoms with Crippen molar-refractivity contribution in [2.75, 3.05) is 0 Å². The topological polar surface area (TPSA) is 134 Å². The highest BCUT2D eigenvalue weighted by Crippen LogP contribution is 2.27. The van der Waals surface area contributed by atoms with Crippen molar-refractivity contribution < 1.29 is 39.5 Å². The standard InChI is InChI=1S/C31H52O8/c1-9-26(34)23(6)29(36)22(5)17-19(2)11-10-12-20(3)30-21(4)13-14-27(38-24(7)32)31(8,37)16-15-25(33)18-28(35)39-30/h10-14,19,21-23,25-27,29-30,33-34,36-37H,9,15-18H2,1-8H3/b11-10+,14-13+,20-12+. The van der Waals surface area contributed by atoms with Crippen molar-refractivity contribution >= 4 is 11.9 Å². The first-order chi connectivity index (χ1) is 18.1. The molecule has 0 aromatic rings. The van der Waals surface area contributed by atoms with E-state index in [2.05, 4.69) is 6.92 Å². The van der Waals surface area contributed by atoms with Crippen LogP contribution in [-0.4, -0.2) is 68.5 Å². The van der Waals surface area contributed by atoms with Crippen molar-refractivity contribution in [3.63, 3.8) is 0 Å². The summed E-state index contributed by atoms with van der Waals surface area (Å²) >= 11 is 0. The van der Waals surface area contributed by atoms with Gasteiger partial charge in [-0.25, -0.2) is 0 Å². The lowest BCUT2D eigenvalue weighted by Crippen LogP contribution is -2.42. The number of aliphatic hydroxyl groups is 4. The third-order valence-electron chi connectivity index (χ3n) is 7.76. The van der Waals surface area contributed by atoms with E-state index in [4.69, 9.17) is 9.47 Å². The third kappa shape index (κ3) is 12.0. The Morgan fingerprint density at radius 3 is 2.46 bits per heavy atom. The number of cyclic esters (lactones) is 1. The number of hydrogen-bond acceptors (Lipinski definition) is 8. The molecule has 0 fully saturated rings. The number of carbonyl (C=O) groups is 2. The number of carbonyl (C=O) groups excluding carboxylic acids is 2. The smallest absolute Gasteiger partial charge is 0.309 e. The summed E-state index contributed by atoms with van der Waals surface area (Å²) in [6.07, 6.45) is 6.99. The lowest BCUT2D eigenvalue weighted by Gasteiger charge is -2.32. The second kappa shape index (κ2) is 16.3.